The minimum atomic E-state index is -4.39. The van der Waals surface area contributed by atoms with Gasteiger partial charge in [0.05, 0.1) is 18.7 Å². The molecule has 7 heteroatoms. The Hall–Kier alpha value is -2.44. The number of rotatable bonds is 5. The van der Waals surface area contributed by atoms with Crippen LogP contribution in [0.25, 0.3) is 0 Å². The van der Waals surface area contributed by atoms with Crippen molar-refractivity contribution in [3.05, 3.63) is 53.5 Å². The van der Waals surface area contributed by atoms with Crippen molar-refractivity contribution in [2.24, 2.45) is 0 Å². The Bertz CT molecular complexity index is 649. The van der Waals surface area contributed by atoms with Crippen LogP contribution in [-0.2, 0) is 17.5 Å². The highest BCUT2D eigenvalue weighted by molar-refractivity contribution is 5.86. The van der Waals surface area contributed by atoms with Crippen LogP contribution in [0.15, 0.2) is 40.8 Å². The Morgan fingerprint density at radius 2 is 2.05 bits per heavy atom. The van der Waals surface area contributed by atoms with E-state index in [0.29, 0.717) is 11.4 Å². The van der Waals surface area contributed by atoms with Gasteiger partial charge in [0, 0.05) is 5.69 Å². The predicted molar refractivity (Wildman–Crippen MR) is 73.4 cm³/mol. The summed E-state index contributed by atoms with van der Waals surface area (Å²) in [6, 6.07) is 7.86. The lowest BCUT2D eigenvalue weighted by Gasteiger charge is -2.09. The lowest BCUT2D eigenvalue weighted by atomic mass is 10.2. The topological polar surface area (TPSA) is 51.5 Å². The number of nitrogens with one attached hydrogen (secondary N) is 1. The number of benzene rings is 1. The third-order valence-corrected chi connectivity index (χ3v) is 2.79. The fourth-order valence-corrected chi connectivity index (χ4v) is 1.78. The molecule has 0 aliphatic heterocycles. The van der Waals surface area contributed by atoms with Gasteiger partial charge in [-0.05, 0) is 37.3 Å². The van der Waals surface area contributed by atoms with Crippen molar-refractivity contribution in [3.8, 4) is 0 Å². The molecule has 0 atom stereocenters. The van der Waals surface area contributed by atoms with E-state index in [2.05, 4.69) is 5.32 Å². The molecular formula is C15H14F3NO3. The van der Waals surface area contributed by atoms with E-state index in [1.165, 1.54) is 18.2 Å². The number of hydrogen-bond acceptors (Lipinski definition) is 4. The summed E-state index contributed by atoms with van der Waals surface area (Å²) in [5, 5.41) is 2.81. The quantitative estimate of drug-likeness (QED) is 0.845. The maximum absolute atomic E-state index is 12.6. The highest BCUT2D eigenvalue weighted by Crippen LogP contribution is 2.30. The van der Waals surface area contributed by atoms with Crippen LogP contribution in [0.4, 0.5) is 18.9 Å². The molecule has 0 aliphatic rings. The SMILES string of the molecule is CCOC(=O)c1ccc(CNc2cccc(C(F)(F)F)c2)o1. The van der Waals surface area contributed by atoms with Gasteiger partial charge in [0.25, 0.3) is 0 Å². The van der Waals surface area contributed by atoms with Gasteiger partial charge in [-0.3, -0.25) is 0 Å². The first-order valence-electron chi connectivity index (χ1n) is 6.57. The first-order valence-corrected chi connectivity index (χ1v) is 6.57. The number of furan rings is 1. The van der Waals surface area contributed by atoms with E-state index in [1.807, 2.05) is 0 Å². The average Bonchev–Trinajstić information content (AvgIpc) is 2.94. The zero-order valence-electron chi connectivity index (χ0n) is 11.7. The Kier molecular flexibility index (Phi) is 4.75. The third-order valence-electron chi connectivity index (χ3n) is 2.79. The van der Waals surface area contributed by atoms with Gasteiger partial charge in [0.15, 0.2) is 0 Å². The standard InChI is InChI=1S/C15H14F3NO3/c1-2-21-14(20)13-7-6-12(22-13)9-19-11-5-3-4-10(8-11)15(16,17)18/h3-8,19H,2,9H2,1H3. The van der Waals surface area contributed by atoms with Crippen molar-refractivity contribution < 1.29 is 27.1 Å². The molecule has 1 N–H and O–H groups in total. The van der Waals surface area contributed by atoms with Crippen molar-refractivity contribution in [1.29, 1.82) is 0 Å². The fraction of sp³-hybridized carbons (Fsp3) is 0.267. The van der Waals surface area contributed by atoms with Crippen molar-refractivity contribution in [3.63, 3.8) is 0 Å². The Balaban J connectivity index is 2.00. The van der Waals surface area contributed by atoms with Gasteiger partial charge in [-0.15, -0.1) is 0 Å². The van der Waals surface area contributed by atoms with E-state index in [4.69, 9.17) is 9.15 Å². The number of carbonyl (C=O) groups is 1. The fourth-order valence-electron chi connectivity index (χ4n) is 1.78. The molecule has 0 aliphatic carbocycles. The smallest absolute Gasteiger partial charge is 0.416 e. The summed E-state index contributed by atoms with van der Waals surface area (Å²) in [6.45, 7) is 2.06. The number of alkyl halides is 3. The number of esters is 1. The van der Waals surface area contributed by atoms with Crippen molar-refractivity contribution in [2.45, 2.75) is 19.6 Å². The molecule has 0 unspecified atom stereocenters. The summed E-state index contributed by atoms with van der Waals surface area (Å²) in [4.78, 5) is 11.4. The number of ether oxygens (including phenoxy) is 1. The molecule has 1 aromatic heterocycles. The van der Waals surface area contributed by atoms with Gasteiger partial charge >= 0.3 is 12.1 Å². The molecule has 22 heavy (non-hydrogen) atoms. The molecule has 0 fully saturated rings. The zero-order valence-corrected chi connectivity index (χ0v) is 11.7. The van der Waals surface area contributed by atoms with E-state index in [-0.39, 0.29) is 18.9 Å². The maximum atomic E-state index is 12.6. The molecule has 0 radical (unpaired) electrons. The molecular weight excluding hydrogens is 299 g/mol. The van der Waals surface area contributed by atoms with Crippen LogP contribution in [0, 0.1) is 0 Å². The van der Waals surface area contributed by atoms with E-state index in [9.17, 15) is 18.0 Å². The van der Waals surface area contributed by atoms with Crippen LogP contribution >= 0.6 is 0 Å². The highest BCUT2D eigenvalue weighted by atomic mass is 19.4. The molecule has 0 spiro atoms. The molecule has 1 heterocycles. The molecule has 0 amide bonds. The normalized spacial score (nSPS) is 11.3. The molecule has 118 valence electrons. The maximum Gasteiger partial charge on any atom is 0.416 e. The summed E-state index contributed by atoms with van der Waals surface area (Å²) in [6.07, 6.45) is -4.39. The van der Waals surface area contributed by atoms with Crippen molar-refractivity contribution >= 4 is 11.7 Å². The second kappa shape index (κ2) is 6.55. The van der Waals surface area contributed by atoms with Crippen LogP contribution in [0.2, 0.25) is 0 Å². The molecule has 0 bridgehead atoms. The second-order valence-corrected chi connectivity index (χ2v) is 4.42. The van der Waals surface area contributed by atoms with E-state index in [1.54, 1.807) is 13.0 Å². The Morgan fingerprint density at radius 3 is 2.73 bits per heavy atom. The number of carbonyl (C=O) groups excluding carboxylic acids is 1. The summed E-state index contributed by atoms with van der Waals surface area (Å²) in [5.41, 5.74) is -0.423. The van der Waals surface area contributed by atoms with Gasteiger partial charge in [0.1, 0.15) is 5.76 Å². The largest absolute Gasteiger partial charge is 0.460 e. The first-order chi connectivity index (χ1) is 10.4. The molecule has 0 saturated heterocycles. The Labute approximate surface area is 124 Å². The summed E-state index contributed by atoms with van der Waals surface area (Å²) < 4.78 is 47.8. The first kappa shape index (κ1) is 15.9. The number of hydrogen-bond donors (Lipinski definition) is 1. The van der Waals surface area contributed by atoms with Crippen LogP contribution < -0.4 is 5.32 Å². The summed E-state index contributed by atoms with van der Waals surface area (Å²) in [5.74, 6) is -0.101. The molecule has 0 saturated carbocycles. The lowest BCUT2D eigenvalue weighted by Crippen LogP contribution is -2.06. The van der Waals surface area contributed by atoms with Gasteiger partial charge < -0.3 is 14.5 Å². The predicted octanol–water partition coefficient (Wildman–Crippen LogP) is 4.09. The van der Waals surface area contributed by atoms with Gasteiger partial charge in [0.2, 0.25) is 5.76 Å². The zero-order chi connectivity index (χ0) is 16.2. The average molecular weight is 313 g/mol. The van der Waals surface area contributed by atoms with E-state index < -0.39 is 17.7 Å². The number of halogens is 3. The minimum Gasteiger partial charge on any atom is -0.460 e. The van der Waals surface area contributed by atoms with E-state index in [0.717, 1.165) is 12.1 Å². The molecule has 2 rings (SSSR count). The van der Waals surface area contributed by atoms with Crippen LogP contribution in [0.3, 0.4) is 0 Å². The summed E-state index contributed by atoms with van der Waals surface area (Å²) >= 11 is 0. The van der Waals surface area contributed by atoms with Gasteiger partial charge in [-0.2, -0.15) is 13.2 Å². The second-order valence-electron chi connectivity index (χ2n) is 4.42. The third kappa shape index (κ3) is 4.03. The van der Waals surface area contributed by atoms with Crippen LogP contribution in [0.1, 0.15) is 28.8 Å². The van der Waals surface area contributed by atoms with Gasteiger partial charge in [-0.25, -0.2) is 4.79 Å². The lowest BCUT2D eigenvalue weighted by molar-refractivity contribution is -0.137. The number of anilines is 1. The van der Waals surface area contributed by atoms with Crippen molar-refractivity contribution in [2.75, 3.05) is 11.9 Å². The summed E-state index contributed by atoms with van der Waals surface area (Å²) in [7, 11) is 0. The van der Waals surface area contributed by atoms with Gasteiger partial charge in [-0.1, -0.05) is 6.07 Å². The van der Waals surface area contributed by atoms with E-state index >= 15 is 0 Å². The van der Waals surface area contributed by atoms with Crippen LogP contribution in [0.5, 0.6) is 0 Å². The molecule has 1 aromatic carbocycles. The van der Waals surface area contributed by atoms with Crippen molar-refractivity contribution in [1.82, 2.24) is 0 Å². The highest BCUT2D eigenvalue weighted by Gasteiger charge is 2.30. The Morgan fingerprint density at radius 1 is 1.27 bits per heavy atom. The molecule has 2 aromatic rings. The minimum absolute atomic E-state index is 0.0580. The van der Waals surface area contributed by atoms with Crippen LogP contribution in [-0.4, -0.2) is 12.6 Å². The monoisotopic (exact) mass is 313 g/mol. The molecule has 4 nitrogen and oxygen atoms in total.